The Labute approximate surface area is 143 Å². The molecule has 24 heavy (non-hydrogen) atoms. The Kier molecular flexibility index (Phi) is 5.09. The van der Waals surface area contributed by atoms with Crippen molar-refractivity contribution in [2.45, 2.75) is 39.0 Å². The highest BCUT2D eigenvalue weighted by molar-refractivity contribution is 5.99. The summed E-state index contributed by atoms with van der Waals surface area (Å²) in [4.78, 5) is 12.2. The molecule has 3 rings (SSSR count). The van der Waals surface area contributed by atoms with Crippen LogP contribution in [0, 0.1) is 5.92 Å². The summed E-state index contributed by atoms with van der Waals surface area (Å²) in [6, 6.07) is 18.6. The van der Waals surface area contributed by atoms with Gasteiger partial charge in [0.2, 0.25) is 5.91 Å². The van der Waals surface area contributed by atoms with E-state index in [9.17, 15) is 4.79 Å². The van der Waals surface area contributed by atoms with Gasteiger partial charge < -0.3 is 0 Å². The lowest BCUT2D eigenvalue weighted by Gasteiger charge is -2.05. The average molecular weight is 320 g/mol. The number of carbonyl (C=O) groups excluding carboxylic acids is 1. The molecule has 2 aromatic rings. The summed E-state index contributed by atoms with van der Waals surface area (Å²) >= 11 is 0. The van der Waals surface area contributed by atoms with Crippen LogP contribution in [0.2, 0.25) is 0 Å². The molecule has 3 heteroatoms. The Balaban J connectivity index is 1.56. The van der Waals surface area contributed by atoms with E-state index in [1.54, 1.807) is 0 Å². The summed E-state index contributed by atoms with van der Waals surface area (Å²) in [6.45, 7) is 4.10. The number of rotatable bonds is 6. The maximum Gasteiger partial charge on any atom is 0.243 e. The van der Waals surface area contributed by atoms with Crippen LogP contribution >= 0.6 is 0 Å². The van der Waals surface area contributed by atoms with E-state index in [1.807, 2.05) is 25.1 Å². The normalized spacial score (nSPS) is 19.8. The minimum Gasteiger partial charge on any atom is -0.273 e. The van der Waals surface area contributed by atoms with Crippen molar-refractivity contribution in [3.63, 3.8) is 0 Å². The van der Waals surface area contributed by atoms with Crippen molar-refractivity contribution in [2.24, 2.45) is 11.0 Å². The zero-order valence-electron chi connectivity index (χ0n) is 14.3. The van der Waals surface area contributed by atoms with Gasteiger partial charge in [-0.15, -0.1) is 0 Å². The van der Waals surface area contributed by atoms with E-state index in [2.05, 4.69) is 53.8 Å². The molecule has 1 N–H and O–H groups in total. The molecular formula is C21H24N2O. The van der Waals surface area contributed by atoms with Crippen molar-refractivity contribution in [1.29, 1.82) is 0 Å². The Hall–Kier alpha value is -2.42. The lowest BCUT2D eigenvalue weighted by Crippen LogP contribution is -2.21. The van der Waals surface area contributed by atoms with Crippen LogP contribution in [0.15, 0.2) is 59.7 Å². The van der Waals surface area contributed by atoms with Crippen molar-refractivity contribution in [3.05, 3.63) is 71.3 Å². The number of aryl methyl sites for hydroxylation is 1. The molecule has 124 valence electrons. The number of hydrazone groups is 1. The van der Waals surface area contributed by atoms with Crippen molar-refractivity contribution >= 4 is 11.6 Å². The molecule has 3 nitrogen and oxygen atoms in total. The molecule has 0 bridgehead atoms. The number of nitrogens with one attached hydrogen (secondary N) is 1. The average Bonchev–Trinajstić information content (AvgIpc) is 3.42. The Morgan fingerprint density at radius 1 is 1.12 bits per heavy atom. The van der Waals surface area contributed by atoms with Crippen LogP contribution in [0.25, 0.3) is 0 Å². The highest BCUT2D eigenvalue weighted by Crippen LogP contribution is 2.47. The van der Waals surface area contributed by atoms with Gasteiger partial charge in [0, 0.05) is 5.92 Å². The number of hydrogen-bond acceptors (Lipinski definition) is 2. The van der Waals surface area contributed by atoms with Gasteiger partial charge in [-0.1, -0.05) is 67.9 Å². The predicted molar refractivity (Wildman–Crippen MR) is 98.1 cm³/mol. The number of amides is 1. The summed E-state index contributed by atoms with van der Waals surface area (Å²) in [7, 11) is 0. The van der Waals surface area contributed by atoms with Crippen molar-refractivity contribution < 1.29 is 4.79 Å². The summed E-state index contributed by atoms with van der Waals surface area (Å²) in [5, 5.41) is 4.28. The van der Waals surface area contributed by atoms with Crippen molar-refractivity contribution in [1.82, 2.24) is 5.43 Å². The van der Waals surface area contributed by atoms with E-state index >= 15 is 0 Å². The van der Waals surface area contributed by atoms with Crippen molar-refractivity contribution in [2.75, 3.05) is 0 Å². The summed E-state index contributed by atoms with van der Waals surface area (Å²) in [5.74, 6) is 0.414. The van der Waals surface area contributed by atoms with Gasteiger partial charge in [-0.05, 0) is 42.4 Å². The first kappa shape index (κ1) is 16.4. The summed E-state index contributed by atoms with van der Waals surface area (Å²) in [5.41, 5.74) is 7.19. The summed E-state index contributed by atoms with van der Waals surface area (Å²) in [6.07, 6.45) is 3.15. The fourth-order valence-corrected chi connectivity index (χ4v) is 3.04. The molecule has 1 aliphatic rings. The predicted octanol–water partition coefficient (Wildman–Crippen LogP) is 4.28. The van der Waals surface area contributed by atoms with Gasteiger partial charge in [-0.3, -0.25) is 4.79 Å². The Morgan fingerprint density at radius 3 is 2.50 bits per heavy atom. The summed E-state index contributed by atoms with van der Waals surface area (Å²) < 4.78 is 0. The van der Waals surface area contributed by atoms with E-state index < -0.39 is 0 Å². The maximum absolute atomic E-state index is 12.2. The smallest absolute Gasteiger partial charge is 0.243 e. The van der Waals surface area contributed by atoms with Crippen LogP contribution in [0.5, 0.6) is 0 Å². The molecule has 2 atom stereocenters. The van der Waals surface area contributed by atoms with Crippen LogP contribution in [-0.2, 0) is 11.2 Å². The van der Waals surface area contributed by atoms with Crippen LogP contribution in [0.3, 0.4) is 0 Å². The number of benzene rings is 2. The lowest BCUT2D eigenvalue weighted by atomic mass is 10.1. The minimum atomic E-state index is 0.0193. The molecule has 0 unspecified atom stereocenters. The van der Waals surface area contributed by atoms with Gasteiger partial charge in [-0.2, -0.15) is 5.10 Å². The van der Waals surface area contributed by atoms with E-state index in [-0.39, 0.29) is 11.8 Å². The molecule has 1 aliphatic carbocycles. The monoisotopic (exact) mass is 320 g/mol. The molecular weight excluding hydrogens is 296 g/mol. The standard InChI is InChI=1S/C21H24N2O/c1-3-7-16-10-12-17(13-11-16)15(2)22-23-21(24)20-14-19(20)18-8-5-4-6-9-18/h4-6,8-13,19-20H,3,7,14H2,1-2H3,(H,23,24)/b22-15-/t19-,20+/m1/s1. The third-order valence-electron chi connectivity index (χ3n) is 4.60. The molecule has 1 fully saturated rings. The number of nitrogens with zero attached hydrogens (tertiary/aromatic N) is 1. The van der Waals surface area contributed by atoms with Gasteiger partial charge in [-0.25, -0.2) is 5.43 Å². The van der Waals surface area contributed by atoms with Crippen LogP contribution in [0.4, 0.5) is 0 Å². The molecule has 0 spiro atoms. The first-order valence-corrected chi connectivity index (χ1v) is 8.67. The van der Waals surface area contributed by atoms with Gasteiger partial charge in [0.05, 0.1) is 5.71 Å². The van der Waals surface area contributed by atoms with E-state index in [0.29, 0.717) is 5.92 Å². The molecule has 2 aromatic carbocycles. The molecule has 0 saturated heterocycles. The first-order valence-electron chi connectivity index (χ1n) is 8.67. The number of hydrogen-bond donors (Lipinski definition) is 1. The molecule has 0 aromatic heterocycles. The zero-order chi connectivity index (χ0) is 16.9. The van der Waals surface area contributed by atoms with Gasteiger partial charge in [0.15, 0.2) is 0 Å². The van der Waals surface area contributed by atoms with Gasteiger partial charge in [0.25, 0.3) is 0 Å². The second kappa shape index (κ2) is 7.43. The lowest BCUT2D eigenvalue weighted by molar-refractivity contribution is -0.122. The largest absolute Gasteiger partial charge is 0.273 e. The topological polar surface area (TPSA) is 41.5 Å². The highest BCUT2D eigenvalue weighted by atomic mass is 16.2. The van der Waals surface area contributed by atoms with Crippen LogP contribution in [0.1, 0.15) is 49.3 Å². The molecule has 1 saturated carbocycles. The first-order chi connectivity index (χ1) is 11.7. The second-order valence-electron chi connectivity index (χ2n) is 6.48. The third kappa shape index (κ3) is 3.91. The van der Waals surface area contributed by atoms with E-state index in [4.69, 9.17) is 0 Å². The molecule has 0 heterocycles. The van der Waals surface area contributed by atoms with Gasteiger partial charge in [0.1, 0.15) is 0 Å². The quantitative estimate of drug-likeness (QED) is 0.626. The highest BCUT2D eigenvalue weighted by Gasteiger charge is 2.43. The Morgan fingerprint density at radius 2 is 1.83 bits per heavy atom. The molecule has 0 radical (unpaired) electrons. The van der Waals surface area contributed by atoms with Crippen LogP contribution in [-0.4, -0.2) is 11.6 Å². The van der Waals surface area contributed by atoms with Crippen LogP contribution < -0.4 is 5.43 Å². The maximum atomic E-state index is 12.2. The third-order valence-corrected chi connectivity index (χ3v) is 4.60. The zero-order valence-corrected chi connectivity index (χ0v) is 14.3. The molecule has 1 amide bonds. The van der Waals surface area contributed by atoms with Crippen molar-refractivity contribution in [3.8, 4) is 0 Å². The minimum absolute atomic E-state index is 0.0193. The fourth-order valence-electron chi connectivity index (χ4n) is 3.04. The van der Waals surface area contributed by atoms with E-state index in [1.165, 1.54) is 11.1 Å². The van der Waals surface area contributed by atoms with Gasteiger partial charge >= 0.3 is 0 Å². The molecule has 0 aliphatic heterocycles. The SMILES string of the molecule is CCCc1ccc(/C(C)=N\NC(=O)[C@H]2C[C@@H]2c2ccccc2)cc1. The Bertz CT molecular complexity index is 719. The second-order valence-corrected chi connectivity index (χ2v) is 6.48. The van der Waals surface area contributed by atoms with E-state index in [0.717, 1.165) is 30.5 Å². The number of carbonyl (C=O) groups is 1. The fraction of sp³-hybridized carbons (Fsp3) is 0.333.